The molecule has 2 nitrogen and oxygen atoms in total. The van der Waals surface area contributed by atoms with Gasteiger partial charge in [-0.1, -0.05) is 205 Å². The van der Waals surface area contributed by atoms with E-state index in [4.69, 9.17) is 4.74 Å². The summed E-state index contributed by atoms with van der Waals surface area (Å²) in [6, 6.07) is 0. The molecule has 0 radical (unpaired) electrons. The molecule has 1 rings (SSSR count). The summed E-state index contributed by atoms with van der Waals surface area (Å²) in [5.41, 5.74) is 0. The number of cyclic esters (lactones) is 1. The standard InChI is InChI=1S/C46H84O2/c1-3-5-7-9-11-13-15-17-19-21-23-25-27-29-31-33-35-37-39-41-43-45-44(46(47)48-45)42-40-38-36-34-32-30-28-26-24-22-20-18-16-14-12-10-8-6-4-2/h33-36,43-44H,3-32,37-42H2,1-2H3/b35-33+,36-34+,45-43+. The zero-order valence-corrected chi connectivity index (χ0v) is 32.7. The molecular formula is C46H84O2. The Morgan fingerprint density at radius 3 is 1.06 bits per heavy atom. The Morgan fingerprint density at radius 2 is 0.708 bits per heavy atom. The lowest BCUT2D eigenvalue weighted by Crippen LogP contribution is -2.32. The molecule has 0 aromatic heterocycles. The maximum absolute atomic E-state index is 12.0. The van der Waals surface area contributed by atoms with Gasteiger partial charge in [0.25, 0.3) is 0 Å². The number of esters is 1. The van der Waals surface area contributed by atoms with Gasteiger partial charge in [-0.3, -0.25) is 4.79 Å². The summed E-state index contributed by atoms with van der Waals surface area (Å²) in [6.07, 6.45) is 60.3. The van der Waals surface area contributed by atoms with Gasteiger partial charge in [-0.15, -0.1) is 0 Å². The molecule has 1 heterocycles. The van der Waals surface area contributed by atoms with E-state index in [0.717, 1.165) is 44.3 Å². The number of carbonyl (C=O) groups is 1. The topological polar surface area (TPSA) is 26.3 Å². The first-order valence-corrected chi connectivity index (χ1v) is 22.0. The number of hydrogen-bond donors (Lipinski definition) is 0. The molecule has 280 valence electrons. The number of allylic oxidation sites excluding steroid dienone is 5. The summed E-state index contributed by atoms with van der Waals surface area (Å²) < 4.78 is 5.37. The zero-order valence-electron chi connectivity index (χ0n) is 32.7. The monoisotopic (exact) mass is 669 g/mol. The van der Waals surface area contributed by atoms with Gasteiger partial charge in [0.15, 0.2) is 0 Å². The van der Waals surface area contributed by atoms with Crippen LogP contribution in [0.5, 0.6) is 0 Å². The quantitative estimate of drug-likeness (QED) is 0.0372. The molecule has 0 amide bonds. The van der Waals surface area contributed by atoms with E-state index in [1.807, 2.05) is 0 Å². The predicted octanol–water partition coefficient (Wildman–Crippen LogP) is 16.2. The van der Waals surface area contributed by atoms with Crippen LogP contribution >= 0.6 is 0 Å². The molecule has 0 N–H and O–H groups in total. The van der Waals surface area contributed by atoms with Crippen LogP contribution in [0, 0.1) is 5.92 Å². The highest BCUT2D eigenvalue weighted by Gasteiger charge is 2.36. The molecule has 1 saturated heterocycles. The van der Waals surface area contributed by atoms with Gasteiger partial charge in [-0.2, -0.15) is 0 Å². The Balaban J connectivity index is 1.85. The van der Waals surface area contributed by atoms with Crippen molar-refractivity contribution >= 4 is 5.97 Å². The van der Waals surface area contributed by atoms with Crippen LogP contribution in [0.4, 0.5) is 0 Å². The Hall–Kier alpha value is -1.31. The molecule has 0 bridgehead atoms. The molecule has 48 heavy (non-hydrogen) atoms. The predicted molar refractivity (Wildman–Crippen MR) is 214 cm³/mol. The van der Waals surface area contributed by atoms with Crippen molar-refractivity contribution in [3.8, 4) is 0 Å². The molecule has 0 aromatic carbocycles. The second kappa shape index (κ2) is 37.0. The van der Waals surface area contributed by atoms with Gasteiger partial charge < -0.3 is 4.74 Å². The molecule has 0 aliphatic carbocycles. The maximum Gasteiger partial charge on any atom is 0.321 e. The third-order valence-corrected chi connectivity index (χ3v) is 10.4. The molecule has 0 spiro atoms. The van der Waals surface area contributed by atoms with Crippen molar-refractivity contribution < 1.29 is 9.53 Å². The highest BCUT2D eigenvalue weighted by Crippen LogP contribution is 2.31. The SMILES string of the molecule is CCCCCCCCCCCCCCCC/C=C/CCC/C=C1/OC(=O)C1CCC/C=C/CCCCCCCCCCCCCCCC. The van der Waals surface area contributed by atoms with E-state index in [0.29, 0.717) is 0 Å². The van der Waals surface area contributed by atoms with Gasteiger partial charge in [0.05, 0.1) is 0 Å². The number of carbonyl (C=O) groups excluding carboxylic acids is 1. The number of unbranched alkanes of at least 4 members (excludes halogenated alkanes) is 31. The molecule has 1 atom stereocenters. The van der Waals surface area contributed by atoms with Gasteiger partial charge in [0, 0.05) is 0 Å². The van der Waals surface area contributed by atoms with Crippen molar-refractivity contribution in [2.24, 2.45) is 5.92 Å². The van der Waals surface area contributed by atoms with E-state index in [1.54, 1.807) is 0 Å². The van der Waals surface area contributed by atoms with Crippen LogP contribution in [0.2, 0.25) is 0 Å². The van der Waals surface area contributed by atoms with Crippen molar-refractivity contribution in [1.82, 2.24) is 0 Å². The normalized spacial score (nSPS) is 15.7. The van der Waals surface area contributed by atoms with Crippen molar-refractivity contribution in [3.05, 3.63) is 36.1 Å². The van der Waals surface area contributed by atoms with E-state index < -0.39 is 0 Å². The number of rotatable bonds is 38. The summed E-state index contributed by atoms with van der Waals surface area (Å²) in [4.78, 5) is 12.0. The summed E-state index contributed by atoms with van der Waals surface area (Å²) >= 11 is 0. The van der Waals surface area contributed by atoms with Crippen LogP contribution < -0.4 is 0 Å². The lowest BCUT2D eigenvalue weighted by molar-refractivity contribution is -0.157. The molecule has 1 aliphatic heterocycles. The number of ether oxygens (including phenoxy) is 1. The molecule has 0 aromatic rings. The third kappa shape index (κ3) is 29.6. The van der Waals surface area contributed by atoms with Crippen LogP contribution in [0.15, 0.2) is 36.1 Å². The Bertz CT molecular complexity index is 762. The first kappa shape index (κ1) is 44.7. The van der Waals surface area contributed by atoms with Gasteiger partial charge in [-0.05, 0) is 70.3 Å². The second-order valence-electron chi connectivity index (χ2n) is 15.2. The van der Waals surface area contributed by atoms with Crippen molar-refractivity contribution in [3.63, 3.8) is 0 Å². The van der Waals surface area contributed by atoms with Crippen LogP contribution in [-0.4, -0.2) is 5.97 Å². The summed E-state index contributed by atoms with van der Waals surface area (Å²) in [5, 5.41) is 0. The minimum atomic E-state index is -0.0132. The van der Waals surface area contributed by atoms with E-state index in [9.17, 15) is 4.79 Å². The molecule has 1 aliphatic rings. The average molecular weight is 669 g/mol. The van der Waals surface area contributed by atoms with Crippen LogP contribution in [-0.2, 0) is 9.53 Å². The van der Waals surface area contributed by atoms with Crippen molar-refractivity contribution in [1.29, 1.82) is 0 Å². The molecule has 2 heteroatoms. The van der Waals surface area contributed by atoms with Crippen LogP contribution in [0.3, 0.4) is 0 Å². The third-order valence-electron chi connectivity index (χ3n) is 10.4. The van der Waals surface area contributed by atoms with Crippen molar-refractivity contribution in [2.45, 2.75) is 245 Å². The zero-order chi connectivity index (χ0) is 34.4. The van der Waals surface area contributed by atoms with E-state index in [-0.39, 0.29) is 11.9 Å². The molecule has 1 unspecified atom stereocenters. The second-order valence-corrected chi connectivity index (χ2v) is 15.2. The summed E-state index contributed by atoms with van der Waals surface area (Å²) in [5.74, 6) is 0.957. The van der Waals surface area contributed by atoms with Crippen LogP contribution in [0.1, 0.15) is 245 Å². The Morgan fingerprint density at radius 1 is 0.396 bits per heavy atom. The maximum atomic E-state index is 12.0. The lowest BCUT2D eigenvalue weighted by Gasteiger charge is -2.27. The van der Waals surface area contributed by atoms with E-state index in [2.05, 4.69) is 44.2 Å². The fraction of sp³-hybridized carbons (Fsp3) is 0.848. The van der Waals surface area contributed by atoms with Crippen LogP contribution in [0.25, 0.3) is 0 Å². The number of hydrogen-bond acceptors (Lipinski definition) is 2. The Labute approximate surface area is 301 Å². The lowest BCUT2D eigenvalue weighted by atomic mass is 9.94. The van der Waals surface area contributed by atoms with Gasteiger partial charge in [-0.25, -0.2) is 0 Å². The first-order valence-electron chi connectivity index (χ1n) is 22.0. The fourth-order valence-electron chi connectivity index (χ4n) is 7.07. The molecule has 0 saturated carbocycles. The van der Waals surface area contributed by atoms with Gasteiger partial charge >= 0.3 is 5.97 Å². The fourth-order valence-corrected chi connectivity index (χ4v) is 7.07. The summed E-state index contributed by atoms with van der Waals surface area (Å²) in [7, 11) is 0. The smallest absolute Gasteiger partial charge is 0.321 e. The minimum absolute atomic E-state index is 0.0132. The van der Waals surface area contributed by atoms with Gasteiger partial charge in [0.1, 0.15) is 11.7 Å². The van der Waals surface area contributed by atoms with E-state index in [1.165, 1.54) is 193 Å². The summed E-state index contributed by atoms with van der Waals surface area (Å²) in [6.45, 7) is 4.59. The largest absolute Gasteiger partial charge is 0.430 e. The highest BCUT2D eigenvalue weighted by molar-refractivity contribution is 5.82. The van der Waals surface area contributed by atoms with Gasteiger partial charge in [0.2, 0.25) is 0 Å². The first-order chi connectivity index (χ1) is 23.8. The average Bonchev–Trinajstić information content (AvgIpc) is 3.09. The molecule has 1 fully saturated rings. The minimum Gasteiger partial charge on any atom is -0.430 e. The molecular weight excluding hydrogens is 585 g/mol. The van der Waals surface area contributed by atoms with E-state index >= 15 is 0 Å². The van der Waals surface area contributed by atoms with Crippen molar-refractivity contribution in [2.75, 3.05) is 0 Å². The highest BCUT2D eigenvalue weighted by atomic mass is 16.6. The Kier molecular flexibility index (Phi) is 34.4.